The smallest absolute Gasteiger partial charge is 0.253 e. The van der Waals surface area contributed by atoms with E-state index < -0.39 is 5.82 Å². The van der Waals surface area contributed by atoms with Crippen molar-refractivity contribution in [1.29, 1.82) is 0 Å². The second kappa shape index (κ2) is 5.96. The number of tetrazole rings is 1. The summed E-state index contributed by atoms with van der Waals surface area (Å²) in [4.78, 5) is 13.7. The number of carbonyl (C=O) groups is 1. The summed E-state index contributed by atoms with van der Waals surface area (Å²) < 4.78 is 13.1. The van der Waals surface area contributed by atoms with Gasteiger partial charge in [0.05, 0.1) is 5.02 Å². The number of benzene rings is 1. The van der Waals surface area contributed by atoms with Crippen LogP contribution in [0.3, 0.4) is 0 Å². The Kier molecular flexibility index (Phi) is 4.29. The van der Waals surface area contributed by atoms with Gasteiger partial charge < -0.3 is 4.90 Å². The molecule has 1 heterocycles. The lowest BCUT2D eigenvalue weighted by Crippen LogP contribution is -2.30. The van der Waals surface area contributed by atoms with Crippen LogP contribution in [0.1, 0.15) is 29.0 Å². The van der Waals surface area contributed by atoms with Gasteiger partial charge >= 0.3 is 0 Å². The lowest BCUT2D eigenvalue weighted by atomic mass is 10.1. The van der Waals surface area contributed by atoms with Crippen molar-refractivity contribution in [1.82, 2.24) is 25.5 Å². The lowest BCUT2D eigenvalue weighted by Gasteiger charge is -2.20. The van der Waals surface area contributed by atoms with Crippen molar-refractivity contribution in [2.75, 3.05) is 13.6 Å². The van der Waals surface area contributed by atoms with E-state index in [1.807, 2.05) is 6.92 Å². The fraction of sp³-hybridized carbons (Fsp3) is 0.333. The first-order valence-electron chi connectivity index (χ1n) is 5.93. The molecular formula is C12H13ClFN5O. The Morgan fingerprint density at radius 3 is 2.90 bits per heavy atom. The second-order valence-electron chi connectivity index (χ2n) is 4.49. The molecule has 1 N–H and O–H groups in total. The van der Waals surface area contributed by atoms with Gasteiger partial charge in [-0.1, -0.05) is 23.7 Å². The molecule has 1 atom stereocenters. The summed E-state index contributed by atoms with van der Waals surface area (Å²) in [6, 6.07) is 3.89. The van der Waals surface area contributed by atoms with E-state index in [0.717, 1.165) is 0 Å². The minimum absolute atomic E-state index is 0.0707. The molecule has 2 aromatic rings. The van der Waals surface area contributed by atoms with Crippen LogP contribution in [0.25, 0.3) is 0 Å². The third-order valence-electron chi connectivity index (χ3n) is 2.86. The third kappa shape index (κ3) is 3.11. The van der Waals surface area contributed by atoms with E-state index in [-0.39, 0.29) is 16.8 Å². The van der Waals surface area contributed by atoms with E-state index in [4.69, 9.17) is 11.6 Å². The summed E-state index contributed by atoms with van der Waals surface area (Å²) in [5, 5.41) is 13.5. The number of carbonyl (C=O) groups excluding carboxylic acids is 1. The first-order chi connectivity index (χ1) is 9.49. The molecule has 8 heteroatoms. The van der Waals surface area contributed by atoms with Crippen LogP contribution < -0.4 is 0 Å². The average molecular weight is 298 g/mol. The van der Waals surface area contributed by atoms with Crippen molar-refractivity contribution in [3.8, 4) is 0 Å². The first-order valence-corrected chi connectivity index (χ1v) is 6.30. The number of nitrogens with zero attached hydrogens (tertiary/aromatic N) is 4. The van der Waals surface area contributed by atoms with Crippen molar-refractivity contribution in [2.24, 2.45) is 0 Å². The SMILES string of the molecule is CC(CN(C)C(=O)c1ccc(F)c(Cl)c1)c1nn[nH]n1. The van der Waals surface area contributed by atoms with E-state index in [9.17, 15) is 9.18 Å². The molecule has 0 bridgehead atoms. The monoisotopic (exact) mass is 297 g/mol. The molecule has 0 spiro atoms. The van der Waals surface area contributed by atoms with Gasteiger partial charge in [-0.2, -0.15) is 5.21 Å². The van der Waals surface area contributed by atoms with E-state index in [0.29, 0.717) is 17.9 Å². The zero-order valence-electron chi connectivity index (χ0n) is 11.0. The number of rotatable bonds is 4. The van der Waals surface area contributed by atoms with E-state index in [2.05, 4.69) is 20.6 Å². The topological polar surface area (TPSA) is 74.8 Å². The van der Waals surface area contributed by atoms with Crippen molar-refractivity contribution in [3.05, 3.63) is 40.4 Å². The van der Waals surface area contributed by atoms with Crippen LogP contribution >= 0.6 is 11.6 Å². The highest BCUT2D eigenvalue weighted by Crippen LogP contribution is 2.18. The molecule has 0 saturated carbocycles. The first kappa shape index (κ1) is 14.4. The molecule has 0 saturated heterocycles. The van der Waals surface area contributed by atoms with Crippen LogP contribution in [0.5, 0.6) is 0 Å². The molecule has 106 valence electrons. The summed E-state index contributed by atoms with van der Waals surface area (Å²) in [5.41, 5.74) is 0.333. The molecule has 0 aliphatic heterocycles. The van der Waals surface area contributed by atoms with Crippen LogP contribution in [0.4, 0.5) is 4.39 Å². The molecule has 1 unspecified atom stereocenters. The molecule has 6 nitrogen and oxygen atoms in total. The maximum atomic E-state index is 13.1. The molecule has 20 heavy (non-hydrogen) atoms. The summed E-state index contributed by atoms with van der Waals surface area (Å²) >= 11 is 5.67. The maximum absolute atomic E-state index is 13.1. The molecule has 1 aromatic heterocycles. The van der Waals surface area contributed by atoms with Gasteiger partial charge in [-0.3, -0.25) is 4.79 Å². The van der Waals surface area contributed by atoms with Crippen LogP contribution in [0, 0.1) is 5.82 Å². The molecule has 1 amide bonds. The zero-order chi connectivity index (χ0) is 14.7. The third-order valence-corrected chi connectivity index (χ3v) is 3.15. The van der Waals surface area contributed by atoms with Crippen molar-refractivity contribution >= 4 is 17.5 Å². The Bertz CT molecular complexity index is 604. The van der Waals surface area contributed by atoms with Gasteiger partial charge in [0.2, 0.25) is 0 Å². The van der Waals surface area contributed by atoms with E-state index >= 15 is 0 Å². The Labute approximate surface area is 119 Å². The summed E-state index contributed by atoms with van der Waals surface area (Å²) in [5.74, 6) is -0.339. The van der Waals surface area contributed by atoms with Gasteiger partial charge in [-0.25, -0.2) is 4.39 Å². The highest BCUT2D eigenvalue weighted by atomic mass is 35.5. The van der Waals surface area contributed by atoms with Crippen molar-refractivity contribution in [3.63, 3.8) is 0 Å². The second-order valence-corrected chi connectivity index (χ2v) is 4.89. The molecule has 0 fully saturated rings. The van der Waals surface area contributed by atoms with Crippen LogP contribution in [-0.2, 0) is 0 Å². The molecule has 2 rings (SSSR count). The number of H-pyrrole nitrogens is 1. The largest absolute Gasteiger partial charge is 0.341 e. The normalized spacial score (nSPS) is 12.2. The zero-order valence-corrected chi connectivity index (χ0v) is 11.7. The number of likely N-dealkylation sites (N-methyl/N-ethyl adjacent to an activating group) is 1. The van der Waals surface area contributed by atoms with Gasteiger partial charge in [0.1, 0.15) is 5.82 Å². The lowest BCUT2D eigenvalue weighted by molar-refractivity contribution is 0.0787. The summed E-state index contributed by atoms with van der Waals surface area (Å²) in [6.45, 7) is 2.29. The van der Waals surface area contributed by atoms with Crippen molar-refractivity contribution in [2.45, 2.75) is 12.8 Å². The highest BCUT2D eigenvalue weighted by molar-refractivity contribution is 6.31. The van der Waals surface area contributed by atoms with Gasteiger partial charge in [0, 0.05) is 25.1 Å². The van der Waals surface area contributed by atoms with Gasteiger partial charge in [0.15, 0.2) is 5.82 Å². The van der Waals surface area contributed by atoms with Gasteiger partial charge in [-0.15, -0.1) is 10.2 Å². The number of halogens is 2. The fourth-order valence-corrected chi connectivity index (χ4v) is 1.98. The van der Waals surface area contributed by atoms with Crippen molar-refractivity contribution < 1.29 is 9.18 Å². The number of aromatic amines is 1. The Hall–Kier alpha value is -2.02. The van der Waals surface area contributed by atoms with Crippen LogP contribution in [0.15, 0.2) is 18.2 Å². The predicted molar refractivity (Wildman–Crippen MR) is 71.0 cm³/mol. The fourth-order valence-electron chi connectivity index (χ4n) is 1.80. The van der Waals surface area contributed by atoms with Crippen LogP contribution in [-0.4, -0.2) is 45.0 Å². The number of aromatic nitrogens is 4. The molecule has 1 aromatic carbocycles. The predicted octanol–water partition coefficient (Wildman–Crippen LogP) is 1.87. The highest BCUT2D eigenvalue weighted by Gasteiger charge is 2.18. The molecule has 0 aliphatic carbocycles. The molecular weight excluding hydrogens is 285 g/mol. The standard InChI is InChI=1S/C12H13ClFN5O/c1-7(11-15-17-18-16-11)6-19(2)12(20)8-3-4-10(14)9(13)5-8/h3-5,7H,6H2,1-2H3,(H,15,16,17,18). The van der Waals surface area contributed by atoms with E-state index in [1.165, 1.54) is 23.1 Å². The van der Waals surface area contributed by atoms with Gasteiger partial charge in [-0.05, 0) is 18.2 Å². The van der Waals surface area contributed by atoms with Crippen LogP contribution in [0.2, 0.25) is 5.02 Å². The Morgan fingerprint density at radius 2 is 2.30 bits per heavy atom. The number of amides is 1. The number of hydrogen-bond acceptors (Lipinski definition) is 4. The number of nitrogens with one attached hydrogen (secondary N) is 1. The maximum Gasteiger partial charge on any atom is 0.253 e. The average Bonchev–Trinajstić information content (AvgIpc) is 2.95. The minimum Gasteiger partial charge on any atom is -0.341 e. The quantitative estimate of drug-likeness (QED) is 0.935. The van der Waals surface area contributed by atoms with E-state index in [1.54, 1.807) is 7.05 Å². The summed E-state index contributed by atoms with van der Waals surface area (Å²) in [6.07, 6.45) is 0. The molecule has 0 radical (unpaired) electrons. The molecule has 0 aliphatic rings. The number of hydrogen-bond donors (Lipinski definition) is 1. The Morgan fingerprint density at radius 1 is 1.55 bits per heavy atom. The minimum atomic E-state index is -0.550. The van der Waals surface area contributed by atoms with Gasteiger partial charge in [0.25, 0.3) is 5.91 Å². The summed E-state index contributed by atoms with van der Waals surface area (Å²) in [7, 11) is 1.65. The Balaban J connectivity index is 2.06.